The normalized spacial score (nSPS) is 10.3. The van der Waals surface area contributed by atoms with Gasteiger partial charge in [-0.2, -0.15) is 0 Å². The maximum absolute atomic E-state index is 11.9. The lowest BCUT2D eigenvalue weighted by atomic mass is 10.1. The van der Waals surface area contributed by atoms with Crippen molar-refractivity contribution in [3.05, 3.63) is 23.8 Å². The van der Waals surface area contributed by atoms with E-state index in [1.54, 1.807) is 18.2 Å². The average molecular weight is 293 g/mol. The van der Waals surface area contributed by atoms with Crippen molar-refractivity contribution in [1.29, 1.82) is 0 Å². The van der Waals surface area contributed by atoms with Gasteiger partial charge in [0.15, 0.2) is 0 Å². The van der Waals surface area contributed by atoms with Gasteiger partial charge in [0, 0.05) is 24.0 Å². The predicted octanol–water partition coefficient (Wildman–Crippen LogP) is 1.41. The lowest BCUT2D eigenvalue weighted by Crippen LogP contribution is -2.40. The van der Waals surface area contributed by atoms with Crippen LogP contribution in [0.5, 0.6) is 0 Å². The van der Waals surface area contributed by atoms with Crippen LogP contribution in [0.25, 0.3) is 0 Å². The molecule has 6 heteroatoms. The molecule has 0 fully saturated rings. The zero-order chi connectivity index (χ0) is 16.0. The van der Waals surface area contributed by atoms with Crippen LogP contribution < -0.4 is 16.0 Å². The van der Waals surface area contributed by atoms with Crippen molar-refractivity contribution in [2.45, 2.75) is 26.8 Å². The Labute approximate surface area is 125 Å². The molecular formula is C15H23N3O3. The highest BCUT2D eigenvalue weighted by Gasteiger charge is 2.15. The molecule has 116 valence electrons. The molecule has 1 aromatic carbocycles. The molecule has 21 heavy (non-hydrogen) atoms. The molecule has 0 atom stereocenters. The van der Waals surface area contributed by atoms with E-state index < -0.39 is 5.97 Å². The van der Waals surface area contributed by atoms with Crippen LogP contribution in [0.2, 0.25) is 0 Å². The maximum Gasteiger partial charge on any atom is 0.340 e. The van der Waals surface area contributed by atoms with Gasteiger partial charge in [0.25, 0.3) is 0 Å². The quantitative estimate of drug-likeness (QED) is 0.612. The Balaban J connectivity index is 2.95. The molecule has 0 spiro atoms. The average Bonchev–Trinajstić information content (AvgIpc) is 2.44. The Morgan fingerprint density at radius 3 is 2.57 bits per heavy atom. The third kappa shape index (κ3) is 4.66. The number of nitrogens with zero attached hydrogens (tertiary/aromatic N) is 1. The smallest absolute Gasteiger partial charge is 0.340 e. The van der Waals surface area contributed by atoms with Crippen LogP contribution in [-0.4, -0.2) is 38.1 Å². The third-order valence-corrected chi connectivity index (χ3v) is 2.97. The van der Waals surface area contributed by atoms with Crippen molar-refractivity contribution in [1.82, 2.24) is 5.32 Å². The highest BCUT2D eigenvalue weighted by Crippen LogP contribution is 2.22. The van der Waals surface area contributed by atoms with Gasteiger partial charge in [-0.15, -0.1) is 0 Å². The number of methoxy groups -OCH3 is 1. The minimum Gasteiger partial charge on any atom is -0.465 e. The van der Waals surface area contributed by atoms with Crippen molar-refractivity contribution in [3.8, 4) is 0 Å². The minimum absolute atomic E-state index is 0.0664. The fourth-order valence-corrected chi connectivity index (χ4v) is 1.95. The van der Waals surface area contributed by atoms with E-state index in [0.717, 1.165) is 5.69 Å². The molecule has 0 aliphatic carbocycles. The number of amides is 1. The SMILES string of the molecule is CCN(CC(=O)NC(C)C)c1ccc(N)c(C(=O)OC)c1. The summed E-state index contributed by atoms with van der Waals surface area (Å²) in [7, 11) is 1.31. The molecule has 1 amide bonds. The molecule has 0 unspecified atom stereocenters. The number of likely N-dealkylation sites (N-methyl/N-ethyl adjacent to an activating group) is 1. The largest absolute Gasteiger partial charge is 0.465 e. The fourth-order valence-electron chi connectivity index (χ4n) is 1.95. The zero-order valence-electron chi connectivity index (χ0n) is 13.0. The molecule has 0 aliphatic heterocycles. The number of rotatable bonds is 6. The monoisotopic (exact) mass is 293 g/mol. The summed E-state index contributed by atoms with van der Waals surface area (Å²) < 4.78 is 4.70. The first-order valence-corrected chi connectivity index (χ1v) is 6.91. The summed E-state index contributed by atoms with van der Waals surface area (Å²) >= 11 is 0. The molecule has 3 N–H and O–H groups in total. The van der Waals surface area contributed by atoms with Crippen LogP contribution >= 0.6 is 0 Å². The van der Waals surface area contributed by atoms with Crippen LogP contribution in [0.1, 0.15) is 31.1 Å². The standard InChI is InChI=1S/C15H23N3O3/c1-5-18(9-14(19)17-10(2)3)11-6-7-13(16)12(8-11)15(20)21-4/h6-8,10H,5,9,16H2,1-4H3,(H,17,19). The first-order chi connectivity index (χ1) is 9.88. The van der Waals surface area contributed by atoms with Gasteiger partial charge in [0.05, 0.1) is 19.2 Å². The molecule has 0 aromatic heterocycles. The summed E-state index contributed by atoms with van der Waals surface area (Å²) in [5.74, 6) is -0.555. The summed E-state index contributed by atoms with van der Waals surface area (Å²) in [5, 5.41) is 2.84. The Hall–Kier alpha value is -2.24. The molecular weight excluding hydrogens is 270 g/mol. The lowest BCUT2D eigenvalue weighted by molar-refractivity contribution is -0.120. The second-order valence-electron chi connectivity index (χ2n) is 5.00. The fraction of sp³-hybridized carbons (Fsp3) is 0.467. The number of hydrogen-bond acceptors (Lipinski definition) is 5. The summed E-state index contributed by atoms with van der Waals surface area (Å²) in [4.78, 5) is 25.4. The topological polar surface area (TPSA) is 84.7 Å². The number of hydrogen-bond donors (Lipinski definition) is 2. The molecule has 0 radical (unpaired) electrons. The second-order valence-corrected chi connectivity index (χ2v) is 5.00. The summed E-state index contributed by atoms with van der Waals surface area (Å²) in [6.45, 7) is 6.62. The molecule has 6 nitrogen and oxygen atoms in total. The molecule has 1 rings (SSSR count). The van der Waals surface area contributed by atoms with Crippen LogP contribution in [0, 0.1) is 0 Å². The first-order valence-electron chi connectivity index (χ1n) is 6.91. The van der Waals surface area contributed by atoms with Crippen molar-refractivity contribution < 1.29 is 14.3 Å². The molecule has 0 saturated carbocycles. The number of ether oxygens (including phenoxy) is 1. The highest BCUT2D eigenvalue weighted by molar-refractivity contribution is 5.96. The van der Waals surface area contributed by atoms with Gasteiger partial charge in [-0.05, 0) is 39.0 Å². The van der Waals surface area contributed by atoms with Gasteiger partial charge in [-0.25, -0.2) is 4.79 Å². The Morgan fingerprint density at radius 2 is 2.05 bits per heavy atom. The van der Waals surface area contributed by atoms with Gasteiger partial charge in [-0.3, -0.25) is 4.79 Å². The number of nitrogens with one attached hydrogen (secondary N) is 1. The van der Waals surface area contributed by atoms with E-state index >= 15 is 0 Å². The van der Waals surface area contributed by atoms with Crippen molar-refractivity contribution in [2.24, 2.45) is 0 Å². The summed E-state index contributed by atoms with van der Waals surface area (Å²) in [6, 6.07) is 5.17. The highest BCUT2D eigenvalue weighted by atomic mass is 16.5. The van der Waals surface area contributed by atoms with E-state index in [2.05, 4.69) is 5.32 Å². The van der Waals surface area contributed by atoms with E-state index in [0.29, 0.717) is 17.8 Å². The molecule has 0 heterocycles. The van der Waals surface area contributed by atoms with Crippen LogP contribution in [0.4, 0.5) is 11.4 Å². The second kappa shape index (κ2) is 7.52. The van der Waals surface area contributed by atoms with E-state index in [4.69, 9.17) is 10.5 Å². The number of carbonyl (C=O) groups excluding carboxylic acids is 2. The summed E-state index contributed by atoms with van der Waals surface area (Å²) in [6.07, 6.45) is 0. The molecule has 0 aliphatic rings. The van der Waals surface area contributed by atoms with E-state index in [9.17, 15) is 9.59 Å². The molecule has 1 aromatic rings. The van der Waals surface area contributed by atoms with Crippen LogP contribution in [0.15, 0.2) is 18.2 Å². The Kier molecular flexibility index (Phi) is 6.02. The van der Waals surface area contributed by atoms with Gasteiger partial charge in [0.1, 0.15) is 0 Å². The molecule has 0 saturated heterocycles. The predicted molar refractivity (Wildman–Crippen MR) is 83.4 cm³/mol. The summed E-state index contributed by atoms with van der Waals surface area (Å²) in [5.41, 5.74) is 7.19. The van der Waals surface area contributed by atoms with Crippen LogP contribution in [-0.2, 0) is 9.53 Å². The van der Waals surface area contributed by atoms with Gasteiger partial charge >= 0.3 is 5.97 Å². The van der Waals surface area contributed by atoms with Gasteiger partial charge in [-0.1, -0.05) is 0 Å². The van der Waals surface area contributed by atoms with E-state index in [-0.39, 0.29) is 18.5 Å². The number of anilines is 2. The van der Waals surface area contributed by atoms with E-state index in [1.807, 2.05) is 25.7 Å². The van der Waals surface area contributed by atoms with Gasteiger partial charge < -0.3 is 20.7 Å². The number of esters is 1. The Morgan fingerprint density at radius 1 is 1.38 bits per heavy atom. The minimum atomic E-state index is -0.489. The first kappa shape index (κ1) is 16.8. The third-order valence-electron chi connectivity index (χ3n) is 2.97. The lowest BCUT2D eigenvalue weighted by Gasteiger charge is -2.24. The van der Waals surface area contributed by atoms with Crippen molar-refractivity contribution >= 4 is 23.3 Å². The van der Waals surface area contributed by atoms with E-state index in [1.165, 1.54) is 7.11 Å². The van der Waals surface area contributed by atoms with Crippen molar-refractivity contribution in [3.63, 3.8) is 0 Å². The molecule has 0 bridgehead atoms. The van der Waals surface area contributed by atoms with Gasteiger partial charge in [0.2, 0.25) is 5.91 Å². The van der Waals surface area contributed by atoms with Crippen LogP contribution in [0.3, 0.4) is 0 Å². The maximum atomic E-state index is 11.9. The number of nitrogen functional groups attached to an aromatic ring is 1. The van der Waals surface area contributed by atoms with Crippen molar-refractivity contribution in [2.75, 3.05) is 30.8 Å². The Bertz CT molecular complexity index is 515. The zero-order valence-corrected chi connectivity index (χ0v) is 13.0. The number of benzene rings is 1. The number of nitrogens with two attached hydrogens (primary N) is 1. The number of carbonyl (C=O) groups is 2.